The second-order valence-electron chi connectivity index (χ2n) is 7.53. The summed E-state index contributed by atoms with van der Waals surface area (Å²) in [4.78, 5) is 16.9. The standard InChI is InChI=1S/C22H23FN2O3/c23-17-7-3-2-6-15(17)13-20-25-18-9-8-16(12-19(18)28-20)21(26)24-14-22(27)10-4-1-5-11-22/h2-3,6-9,12,27H,1,4-5,10-11,13-14H2,(H,24,26). The van der Waals surface area contributed by atoms with Crippen LogP contribution in [0.5, 0.6) is 0 Å². The molecule has 0 spiro atoms. The molecule has 1 fully saturated rings. The molecule has 0 radical (unpaired) electrons. The molecule has 0 aliphatic heterocycles. The Kier molecular flexibility index (Phi) is 5.13. The Morgan fingerprint density at radius 3 is 2.75 bits per heavy atom. The normalized spacial score (nSPS) is 16.2. The van der Waals surface area contributed by atoms with Crippen LogP contribution in [0.2, 0.25) is 0 Å². The summed E-state index contributed by atoms with van der Waals surface area (Å²) in [6.07, 6.45) is 4.79. The number of amides is 1. The number of nitrogens with zero attached hydrogens (tertiary/aromatic N) is 1. The first-order chi connectivity index (χ1) is 13.5. The number of carbonyl (C=O) groups excluding carboxylic acids is 1. The molecule has 4 rings (SSSR count). The Balaban J connectivity index is 1.46. The highest BCUT2D eigenvalue weighted by atomic mass is 19.1. The fraction of sp³-hybridized carbons (Fsp3) is 0.364. The van der Waals surface area contributed by atoms with E-state index in [1.54, 1.807) is 36.4 Å². The van der Waals surface area contributed by atoms with E-state index in [0.717, 1.165) is 19.3 Å². The number of carbonyl (C=O) groups is 1. The average Bonchev–Trinajstić information content (AvgIpc) is 3.10. The van der Waals surface area contributed by atoms with Gasteiger partial charge in [0, 0.05) is 12.1 Å². The summed E-state index contributed by atoms with van der Waals surface area (Å²) >= 11 is 0. The molecule has 1 heterocycles. The predicted octanol–water partition coefficient (Wildman–Crippen LogP) is 3.98. The summed E-state index contributed by atoms with van der Waals surface area (Å²) < 4.78 is 19.6. The van der Waals surface area contributed by atoms with Crippen molar-refractivity contribution in [3.05, 3.63) is 65.3 Å². The van der Waals surface area contributed by atoms with Gasteiger partial charge in [-0.05, 0) is 42.7 Å². The zero-order valence-electron chi connectivity index (χ0n) is 15.6. The van der Waals surface area contributed by atoms with Gasteiger partial charge in [0.05, 0.1) is 12.0 Å². The van der Waals surface area contributed by atoms with Crippen molar-refractivity contribution in [2.24, 2.45) is 0 Å². The lowest BCUT2D eigenvalue weighted by molar-refractivity contribution is 0.00526. The average molecular weight is 382 g/mol. The minimum atomic E-state index is -0.808. The lowest BCUT2D eigenvalue weighted by atomic mass is 9.85. The lowest BCUT2D eigenvalue weighted by Gasteiger charge is -2.32. The van der Waals surface area contributed by atoms with Crippen molar-refractivity contribution in [1.82, 2.24) is 10.3 Å². The highest BCUT2D eigenvalue weighted by Crippen LogP contribution is 2.27. The number of oxazole rings is 1. The zero-order chi connectivity index (χ0) is 19.6. The van der Waals surface area contributed by atoms with Crippen molar-refractivity contribution >= 4 is 17.0 Å². The van der Waals surface area contributed by atoms with Gasteiger partial charge in [0.15, 0.2) is 11.5 Å². The molecule has 0 bridgehead atoms. The minimum absolute atomic E-state index is 0.246. The molecule has 1 aromatic heterocycles. The molecule has 0 saturated heterocycles. The maximum atomic E-state index is 13.8. The van der Waals surface area contributed by atoms with Crippen molar-refractivity contribution in [3.63, 3.8) is 0 Å². The van der Waals surface area contributed by atoms with Gasteiger partial charge in [-0.1, -0.05) is 37.5 Å². The summed E-state index contributed by atoms with van der Waals surface area (Å²) in [6.45, 7) is 0.249. The molecule has 6 heteroatoms. The van der Waals surface area contributed by atoms with Crippen LogP contribution in [-0.4, -0.2) is 28.1 Å². The highest BCUT2D eigenvalue weighted by molar-refractivity contribution is 5.97. The van der Waals surface area contributed by atoms with Gasteiger partial charge >= 0.3 is 0 Å². The smallest absolute Gasteiger partial charge is 0.251 e. The van der Waals surface area contributed by atoms with Crippen LogP contribution in [-0.2, 0) is 6.42 Å². The van der Waals surface area contributed by atoms with Crippen LogP contribution in [0.4, 0.5) is 4.39 Å². The number of benzene rings is 2. The van der Waals surface area contributed by atoms with E-state index in [1.807, 2.05) is 0 Å². The molecule has 3 aromatic rings. The van der Waals surface area contributed by atoms with Gasteiger partial charge in [-0.2, -0.15) is 0 Å². The largest absolute Gasteiger partial charge is 0.440 e. The molecule has 1 amide bonds. The molecule has 0 atom stereocenters. The Hall–Kier alpha value is -2.73. The number of aliphatic hydroxyl groups is 1. The van der Waals surface area contributed by atoms with Gasteiger partial charge in [-0.15, -0.1) is 0 Å². The molecule has 2 aromatic carbocycles. The summed E-state index contributed by atoms with van der Waals surface area (Å²) in [7, 11) is 0. The minimum Gasteiger partial charge on any atom is -0.440 e. The Morgan fingerprint density at radius 2 is 1.96 bits per heavy atom. The van der Waals surface area contributed by atoms with Gasteiger partial charge in [0.2, 0.25) is 0 Å². The Bertz CT molecular complexity index is 992. The van der Waals surface area contributed by atoms with Gasteiger partial charge in [0.1, 0.15) is 11.3 Å². The molecule has 2 N–H and O–H groups in total. The van der Waals surface area contributed by atoms with Gasteiger partial charge < -0.3 is 14.8 Å². The van der Waals surface area contributed by atoms with Crippen molar-refractivity contribution < 1.29 is 18.7 Å². The fourth-order valence-electron chi connectivity index (χ4n) is 3.73. The Labute approximate surface area is 162 Å². The number of nitrogens with one attached hydrogen (secondary N) is 1. The van der Waals surface area contributed by atoms with Gasteiger partial charge in [-0.3, -0.25) is 4.79 Å². The summed E-state index contributed by atoms with van der Waals surface area (Å²) in [5.74, 6) is -0.160. The number of halogens is 1. The van der Waals surface area contributed by atoms with Crippen LogP contribution in [0.1, 0.15) is 53.9 Å². The molecule has 1 aliphatic rings. The first kappa shape index (κ1) is 18.6. The summed E-state index contributed by atoms with van der Waals surface area (Å²) in [5, 5.41) is 13.4. The van der Waals surface area contributed by atoms with Crippen LogP contribution in [0.25, 0.3) is 11.1 Å². The third-order valence-corrected chi connectivity index (χ3v) is 5.36. The third kappa shape index (κ3) is 4.07. The van der Waals surface area contributed by atoms with Crippen molar-refractivity contribution in [2.45, 2.75) is 44.1 Å². The van der Waals surface area contributed by atoms with Crippen LogP contribution in [0.15, 0.2) is 46.9 Å². The van der Waals surface area contributed by atoms with Crippen molar-refractivity contribution in [3.8, 4) is 0 Å². The molecule has 1 saturated carbocycles. The SMILES string of the molecule is O=C(NCC1(O)CCCCC1)c1ccc2nc(Cc3ccccc3F)oc2c1. The zero-order valence-corrected chi connectivity index (χ0v) is 15.6. The van der Waals surface area contributed by atoms with Crippen LogP contribution < -0.4 is 5.32 Å². The van der Waals surface area contributed by atoms with E-state index < -0.39 is 5.60 Å². The fourth-order valence-corrected chi connectivity index (χ4v) is 3.73. The van der Waals surface area contributed by atoms with Gasteiger partial charge in [-0.25, -0.2) is 9.37 Å². The molecular formula is C22H23FN2O3. The molecule has 1 aliphatic carbocycles. The van der Waals surface area contributed by atoms with E-state index in [4.69, 9.17) is 4.42 Å². The number of aromatic nitrogens is 1. The van der Waals surface area contributed by atoms with Gasteiger partial charge in [0.25, 0.3) is 5.91 Å². The van der Waals surface area contributed by atoms with Crippen LogP contribution in [0.3, 0.4) is 0 Å². The number of fused-ring (bicyclic) bond motifs is 1. The number of rotatable bonds is 5. The molecule has 146 valence electrons. The first-order valence-corrected chi connectivity index (χ1v) is 9.66. The van der Waals surface area contributed by atoms with Crippen LogP contribution >= 0.6 is 0 Å². The lowest BCUT2D eigenvalue weighted by Crippen LogP contribution is -2.44. The summed E-state index contributed by atoms with van der Waals surface area (Å²) in [5.41, 5.74) is 1.24. The topological polar surface area (TPSA) is 75.4 Å². The summed E-state index contributed by atoms with van der Waals surface area (Å²) in [6, 6.07) is 11.5. The molecule has 28 heavy (non-hydrogen) atoms. The van der Waals surface area contributed by atoms with E-state index in [2.05, 4.69) is 10.3 Å². The number of hydrogen-bond acceptors (Lipinski definition) is 4. The Morgan fingerprint density at radius 1 is 1.18 bits per heavy atom. The van der Waals surface area contributed by atoms with Crippen molar-refractivity contribution in [2.75, 3.05) is 6.54 Å². The van der Waals surface area contributed by atoms with E-state index in [1.165, 1.54) is 6.07 Å². The van der Waals surface area contributed by atoms with E-state index >= 15 is 0 Å². The van der Waals surface area contributed by atoms with Crippen LogP contribution in [0, 0.1) is 5.82 Å². The van der Waals surface area contributed by atoms with E-state index in [9.17, 15) is 14.3 Å². The number of hydrogen-bond donors (Lipinski definition) is 2. The van der Waals surface area contributed by atoms with E-state index in [-0.39, 0.29) is 24.7 Å². The third-order valence-electron chi connectivity index (χ3n) is 5.36. The van der Waals surface area contributed by atoms with E-state index in [0.29, 0.717) is 41.0 Å². The molecular weight excluding hydrogens is 359 g/mol. The monoisotopic (exact) mass is 382 g/mol. The second kappa shape index (κ2) is 7.72. The first-order valence-electron chi connectivity index (χ1n) is 9.66. The molecule has 5 nitrogen and oxygen atoms in total. The van der Waals surface area contributed by atoms with Crippen molar-refractivity contribution in [1.29, 1.82) is 0 Å². The highest BCUT2D eigenvalue weighted by Gasteiger charge is 2.29. The second-order valence-corrected chi connectivity index (χ2v) is 7.53. The predicted molar refractivity (Wildman–Crippen MR) is 104 cm³/mol. The maximum Gasteiger partial charge on any atom is 0.251 e. The molecule has 0 unspecified atom stereocenters. The maximum absolute atomic E-state index is 13.8. The quantitative estimate of drug-likeness (QED) is 0.700.